The van der Waals surface area contributed by atoms with Crippen LogP contribution in [-0.4, -0.2) is 11.5 Å². The molecule has 1 aromatic rings. The van der Waals surface area contributed by atoms with Crippen LogP contribution in [0, 0.1) is 5.92 Å². The molecule has 2 heteroatoms. The second kappa shape index (κ2) is 6.25. The Morgan fingerprint density at radius 1 is 1.24 bits per heavy atom. The Bertz CT molecular complexity index is 363. The number of carbonyl (C=O) groups excluding carboxylic acids is 1. The minimum absolute atomic E-state index is 0.234. The first-order chi connectivity index (χ1) is 8.29. The first kappa shape index (κ1) is 12.7. The van der Waals surface area contributed by atoms with Gasteiger partial charge in [-0.25, -0.2) is 0 Å². The van der Waals surface area contributed by atoms with E-state index in [1.165, 1.54) is 36.3 Å². The van der Waals surface area contributed by atoms with Crippen molar-refractivity contribution in [2.24, 2.45) is 5.92 Å². The zero-order valence-electron chi connectivity index (χ0n) is 10.4. The van der Waals surface area contributed by atoms with Crippen LogP contribution in [0.3, 0.4) is 0 Å². The van der Waals surface area contributed by atoms with Crippen molar-refractivity contribution in [3.8, 4) is 0 Å². The van der Waals surface area contributed by atoms with Crippen molar-refractivity contribution in [1.82, 2.24) is 0 Å². The lowest BCUT2D eigenvalue weighted by Crippen LogP contribution is -1.97. The molecule has 0 unspecified atom stereocenters. The lowest BCUT2D eigenvalue weighted by atomic mass is 10.1. The largest absolute Gasteiger partial charge is 0.294 e. The maximum atomic E-state index is 11.5. The van der Waals surface area contributed by atoms with E-state index >= 15 is 0 Å². The van der Waals surface area contributed by atoms with E-state index in [0.717, 1.165) is 11.5 Å². The Morgan fingerprint density at radius 2 is 1.88 bits per heavy atom. The van der Waals surface area contributed by atoms with E-state index in [2.05, 4.69) is 12.1 Å². The van der Waals surface area contributed by atoms with E-state index in [0.29, 0.717) is 6.42 Å². The van der Waals surface area contributed by atoms with Gasteiger partial charge in [-0.15, -0.1) is 11.8 Å². The molecule has 0 N–H and O–H groups in total. The predicted molar refractivity (Wildman–Crippen MR) is 73.7 cm³/mol. The maximum Gasteiger partial charge on any atom is 0.162 e. The molecule has 0 amide bonds. The summed E-state index contributed by atoms with van der Waals surface area (Å²) in [6, 6.07) is 8.09. The number of hydrogen-bond donors (Lipinski definition) is 0. The molecule has 1 aliphatic rings. The van der Waals surface area contributed by atoms with E-state index in [1.807, 2.05) is 30.8 Å². The summed E-state index contributed by atoms with van der Waals surface area (Å²) in [7, 11) is 0. The average molecular weight is 248 g/mol. The zero-order chi connectivity index (χ0) is 12.1. The summed E-state index contributed by atoms with van der Waals surface area (Å²) >= 11 is 1.93. The first-order valence-electron chi connectivity index (χ1n) is 6.55. The van der Waals surface area contributed by atoms with Gasteiger partial charge in [0.25, 0.3) is 0 Å². The van der Waals surface area contributed by atoms with Gasteiger partial charge in [-0.1, -0.05) is 31.9 Å². The third-order valence-corrected chi connectivity index (χ3v) is 4.70. The lowest BCUT2D eigenvalue weighted by Gasteiger charge is -2.08. The smallest absolute Gasteiger partial charge is 0.162 e. The molecule has 0 aliphatic heterocycles. The lowest BCUT2D eigenvalue weighted by molar-refractivity contribution is 0.0988. The van der Waals surface area contributed by atoms with Crippen molar-refractivity contribution in [1.29, 1.82) is 0 Å². The third-order valence-electron chi connectivity index (χ3n) is 3.46. The number of thioether (sulfide) groups is 1. The fourth-order valence-corrected chi connectivity index (χ4v) is 3.42. The van der Waals surface area contributed by atoms with Crippen LogP contribution in [0.5, 0.6) is 0 Å². The van der Waals surface area contributed by atoms with Gasteiger partial charge in [-0.05, 0) is 30.9 Å². The highest BCUT2D eigenvalue weighted by atomic mass is 32.2. The van der Waals surface area contributed by atoms with Crippen molar-refractivity contribution >= 4 is 17.5 Å². The van der Waals surface area contributed by atoms with Gasteiger partial charge in [0.2, 0.25) is 0 Å². The highest BCUT2D eigenvalue weighted by Gasteiger charge is 2.14. The standard InChI is InChI=1S/C15H20OS/c1-2-15(16)13-7-9-14(10-8-13)17-11-12-5-3-4-6-12/h7-10,12H,2-6,11H2,1H3. The van der Waals surface area contributed by atoms with Crippen molar-refractivity contribution in [3.63, 3.8) is 0 Å². The Hall–Kier alpha value is -0.760. The molecule has 1 aromatic carbocycles. The molecule has 1 fully saturated rings. The number of Topliss-reactive ketones (excluding diaryl/α,β-unsaturated/α-hetero) is 1. The van der Waals surface area contributed by atoms with Gasteiger partial charge in [0.05, 0.1) is 0 Å². The van der Waals surface area contributed by atoms with Crippen molar-refractivity contribution in [2.75, 3.05) is 5.75 Å². The average Bonchev–Trinajstić information content (AvgIpc) is 2.89. The number of carbonyl (C=O) groups is 1. The molecule has 0 aromatic heterocycles. The highest BCUT2D eigenvalue weighted by Crippen LogP contribution is 2.30. The van der Waals surface area contributed by atoms with Crippen molar-refractivity contribution in [3.05, 3.63) is 29.8 Å². The van der Waals surface area contributed by atoms with Crippen LogP contribution < -0.4 is 0 Å². The molecule has 0 heterocycles. The Balaban J connectivity index is 1.87. The summed E-state index contributed by atoms with van der Waals surface area (Å²) in [6.45, 7) is 1.91. The Morgan fingerprint density at radius 3 is 2.47 bits per heavy atom. The van der Waals surface area contributed by atoms with Crippen LogP contribution in [-0.2, 0) is 0 Å². The predicted octanol–water partition coefficient (Wildman–Crippen LogP) is 4.56. The quantitative estimate of drug-likeness (QED) is 0.561. The molecule has 1 nitrogen and oxygen atoms in total. The van der Waals surface area contributed by atoms with E-state index in [9.17, 15) is 4.79 Å². The van der Waals surface area contributed by atoms with E-state index in [4.69, 9.17) is 0 Å². The van der Waals surface area contributed by atoms with E-state index < -0.39 is 0 Å². The molecule has 0 bridgehead atoms. The number of rotatable bonds is 5. The second-order valence-electron chi connectivity index (χ2n) is 4.76. The minimum atomic E-state index is 0.234. The normalized spacial score (nSPS) is 16.3. The summed E-state index contributed by atoms with van der Waals surface area (Å²) in [5, 5.41) is 0. The molecule has 0 saturated heterocycles. The molecule has 1 aliphatic carbocycles. The molecule has 2 rings (SSSR count). The van der Waals surface area contributed by atoms with Crippen LogP contribution in [0.4, 0.5) is 0 Å². The van der Waals surface area contributed by atoms with Gasteiger partial charge in [-0.2, -0.15) is 0 Å². The molecule has 0 spiro atoms. The summed E-state index contributed by atoms with van der Waals surface area (Å²) < 4.78 is 0. The van der Waals surface area contributed by atoms with E-state index in [-0.39, 0.29) is 5.78 Å². The molecular weight excluding hydrogens is 228 g/mol. The molecule has 0 atom stereocenters. The summed E-state index contributed by atoms with van der Waals surface area (Å²) in [4.78, 5) is 12.8. The summed E-state index contributed by atoms with van der Waals surface area (Å²) in [5.41, 5.74) is 0.845. The topological polar surface area (TPSA) is 17.1 Å². The minimum Gasteiger partial charge on any atom is -0.294 e. The third kappa shape index (κ3) is 3.60. The van der Waals surface area contributed by atoms with Crippen molar-refractivity contribution < 1.29 is 4.79 Å². The van der Waals surface area contributed by atoms with Crippen LogP contribution in [0.15, 0.2) is 29.2 Å². The first-order valence-corrected chi connectivity index (χ1v) is 7.54. The fraction of sp³-hybridized carbons (Fsp3) is 0.533. The Kier molecular flexibility index (Phi) is 4.66. The summed E-state index contributed by atoms with van der Waals surface area (Å²) in [5.74, 6) is 2.38. The SMILES string of the molecule is CCC(=O)c1ccc(SCC2CCCC2)cc1. The van der Waals surface area contributed by atoms with Gasteiger partial charge in [0.1, 0.15) is 0 Å². The zero-order valence-corrected chi connectivity index (χ0v) is 11.3. The molecule has 17 heavy (non-hydrogen) atoms. The molecular formula is C15H20OS. The van der Waals surface area contributed by atoms with Gasteiger partial charge >= 0.3 is 0 Å². The number of benzene rings is 1. The van der Waals surface area contributed by atoms with Crippen LogP contribution in [0.25, 0.3) is 0 Å². The van der Waals surface area contributed by atoms with Gasteiger partial charge < -0.3 is 0 Å². The van der Waals surface area contributed by atoms with Crippen molar-refractivity contribution in [2.45, 2.75) is 43.9 Å². The monoisotopic (exact) mass is 248 g/mol. The summed E-state index contributed by atoms with van der Waals surface area (Å²) in [6.07, 6.45) is 6.22. The molecule has 0 radical (unpaired) electrons. The van der Waals surface area contributed by atoms with E-state index in [1.54, 1.807) is 0 Å². The van der Waals surface area contributed by atoms with Crippen LogP contribution in [0.1, 0.15) is 49.4 Å². The number of ketones is 1. The molecule has 1 saturated carbocycles. The van der Waals surface area contributed by atoms with Crippen LogP contribution >= 0.6 is 11.8 Å². The molecule has 92 valence electrons. The fourth-order valence-electron chi connectivity index (χ4n) is 2.33. The maximum absolute atomic E-state index is 11.5. The highest BCUT2D eigenvalue weighted by molar-refractivity contribution is 7.99. The van der Waals surface area contributed by atoms with Crippen LogP contribution in [0.2, 0.25) is 0 Å². The van der Waals surface area contributed by atoms with Gasteiger partial charge in [-0.3, -0.25) is 4.79 Å². The number of hydrogen-bond acceptors (Lipinski definition) is 2. The second-order valence-corrected chi connectivity index (χ2v) is 5.86. The van der Waals surface area contributed by atoms with Gasteiger partial charge in [0, 0.05) is 22.6 Å². The Labute approximate surface area is 108 Å². The van der Waals surface area contributed by atoms with Gasteiger partial charge in [0.15, 0.2) is 5.78 Å².